The Balaban J connectivity index is 2.26. The third-order valence-electron chi connectivity index (χ3n) is 4.08. The first-order chi connectivity index (χ1) is 8.57. The average Bonchev–Trinajstić information content (AvgIpc) is 2.39. The van der Waals surface area contributed by atoms with Gasteiger partial charge in [-0.15, -0.1) is 0 Å². The molecule has 0 heterocycles. The zero-order valence-electron chi connectivity index (χ0n) is 10.6. The quantitative estimate of drug-likeness (QED) is 0.814. The number of nitriles is 1. The second-order valence-electron chi connectivity index (χ2n) is 5.41. The summed E-state index contributed by atoms with van der Waals surface area (Å²) in [5.41, 5.74) is 0.287. The summed E-state index contributed by atoms with van der Waals surface area (Å²) in [5, 5.41) is 20.1. The maximum atomic E-state index is 10.6. The Morgan fingerprint density at radius 1 is 1.44 bits per heavy atom. The number of benzene rings is 1. The van der Waals surface area contributed by atoms with Crippen LogP contribution in [0.4, 0.5) is 0 Å². The molecule has 3 heteroatoms. The van der Waals surface area contributed by atoms with Crippen molar-refractivity contribution < 1.29 is 5.11 Å². The third-order valence-corrected chi connectivity index (χ3v) is 4.75. The van der Waals surface area contributed by atoms with Gasteiger partial charge in [0.25, 0.3) is 0 Å². The normalized spacial score (nSPS) is 29.6. The van der Waals surface area contributed by atoms with E-state index in [9.17, 15) is 10.4 Å². The van der Waals surface area contributed by atoms with Gasteiger partial charge in [-0.25, -0.2) is 0 Å². The van der Waals surface area contributed by atoms with Crippen molar-refractivity contribution in [2.24, 2.45) is 11.3 Å². The fraction of sp³-hybridized carbons (Fsp3) is 0.533. The number of aliphatic hydroxyl groups excluding tert-OH is 1. The summed E-state index contributed by atoms with van der Waals surface area (Å²) in [5.74, 6) is 0.676. The molecule has 0 saturated heterocycles. The van der Waals surface area contributed by atoms with Crippen molar-refractivity contribution in [2.75, 3.05) is 0 Å². The van der Waals surface area contributed by atoms with Crippen LogP contribution in [0, 0.1) is 26.2 Å². The Morgan fingerprint density at radius 3 is 2.67 bits per heavy atom. The molecule has 96 valence electrons. The van der Waals surface area contributed by atoms with Crippen molar-refractivity contribution in [3.8, 4) is 6.07 Å². The Labute approximate surface area is 122 Å². The Hall–Kier alpha value is -0.600. The summed E-state index contributed by atoms with van der Waals surface area (Å²) in [6.45, 7) is 2.22. The minimum absolute atomic E-state index is 0.586. The first kappa shape index (κ1) is 13.8. The van der Waals surface area contributed by atoms with E-state index in [-0.39, 0.29) is 0 Å². The molecule has 0 radical (unpaired) electrons. The summed E-state index contributed by atoms with van der Waals surface area (Å²) in [6, 6.07) is 10.2. The van der Waals surface area contributed by atoms with Crippen LogP contribution in [0.1, 0.15) is 44.3 Å². The second-order valence-corrected chi connectivity index (χ2v) is 6.65. The number of rotatable bonds is 2. The highest BCUT2D eigenvalue weighted by Gasteiger charge is 2.41. The minimum atomic E-state index is -0.662. The maximum absolute atomic E-state index is 10.6. The highest BCUT2D eigenvalue weighted by molar-refractivity contribution is 14.1. The smallest absolute Gasteiger partial charge is 0.0976 e. The molecule has 0 aromatic heterocycles. The SMILES string of the molecule is CC1CCC(C#N)(C(O)c2cccc(I)c2)CC1. The van der Waals surface area contributed by atoms with Crippen molar-refractivity contribution in [1.82, 2.24) is 0 Å². The maximum Gasteiger partial charge on any atom is 0.0976 e. The molecule has 0 bridgehead atoms. The molecule has 1 aliphatic rings. The van der Waals surface area contributed by atoms with E-state index in [2.05, 4.69) is 35.6 Å². The van der Waals surface area contributed by atoms with E-state index in [1.54, 1.807) is 0 Å². The van der Waals surface area contributed by atoms with E-state index < -0.39 is 11.5 Å². The van der Waals surface area contributed by atoms with Crippen molar-refractivity contribution in [1.29, 1.82) is 5.26 Å². The topological polar surface area (TPSA) is 44.0 Å². The van der Waals surface area contributed by atoms with E-state index >= 15 is 0 Å². The Morgan fingerprint density at radius 2 is 2.11 bits per heavy atom. The van der Waals surface area contributed by atoms with Gasteiger partial charge in [-0.1, -0.05) is 19.1 Å². The molecule has 0 spiro atoms. The van der Waals surface area contributed by atoms with E-state index in [4.69, 9.17) is 0 Å². The molecular formula is C15H18INO. The highest BCUT2D eigenvalue weighted by Crippen LogP contribution is 2.47. The summed E-state index contributed by atoms with van der Waals surface area (Å²) in [4.78, 5) is 0. The van der Waals surface area contributed by atoms with Gasteiger partial charge < -0.3 is 5.11 Å². The average molecular weight is 355 g/mol. The summed E-state index contributed by atoms with van der Waals surface area (Å²) < 4.78 is 1.10. The molecule has 1 aromatic rings. The van der Waals surface area contributed by atoms with E-state index in [1.807, 2.05) is 24.3 Å². The molecule has 1 N–H and O–H groups in total. The third kappa shape index (κ3) is 2.70. The molecule has 2 rings (SSSR count). The number of hydrogen-bond donors (Lipinski definition) is 1. The van der Waals surface area contributed by atoms with Crippen molar-refractivity contribution in [3.63, 3.8) is 0 Å². The van der Waals surface area contributed by atoms with Crippen LogP contribution in [0.2, 0.25) is 0 Å². The molecule has 1 atom stereocenters. The Bertz CT molecular complexity index is 458. The lowest BCUT2D eigenvalue weighted by Crippen LogP contribution is -2.32. The van der Waals surface area contributed by atoms with Crippen LogP contribution in [0.5, 0.6) is 0 Å². The highest BCUT2D eigenvalue weighted by atomic mass is 127. The summed E-state index contributed by atoms with van der Waals surface area (Å²) in [6.07, 6.45) is 3.02. The van der Waals surface area contributed by atoms with Gasteiger partial charge in [-0.2, -0.15) is 5.26 Å². The van der Waals surface area contributed by atoms with Crippen LogP contribution >= 0.6 is 22.6 Å². The predicted molar refractivity (Wildman–Crippen MR) is 79.8 cm³/mol. The van der Waals surface area contributed by atoms with Gasteiger partial charge in [0.05, 0.1) is 17.6 Å². The molecule has 1 fully saturated rings. The lowest BCUT2D eigenvalue weighted by Gasteiger charge is -2.37. The van der Waals surface area contributed by atoms with E-state index in [1.165, 1.54) is 0 Å². The van der Waals surface area contributed by atoms with Crippen LogP contribution in [0.15, 0.2) is 24.3 Å². The standard InChI is InChI=1S/C15H18INO/c1-11-5-7-15(10-17,8-6-11)14(18)12-3-2-4-13(16)9-12/h2-4,9,11,14,18H,5-8H2,1H3. The fourth-order valence-corrected chi connectivity index (χ4v) is 3.29. The number of aliphatic hydroxyl groups is 1. The van der Waals surface area contributed by atoms with Crippen LogP contribution in [-0.2, 0) is 0 Å². The molecular weight excluding hydrogens is 337 g/mol. The van der Waals surface area contributed by atoms with Crippen molar-refractivity contribution in [2.45, 2.75) is 38.7 Å². The molecule has 1 aliphatic carbocycles. The number of halogens is 1. The molecule has 0 aliphatic heterocycles. The van der Waals surface area contributed by atoms with Crippen LogP contribution < -0.4 is 0 Å². The van der Waals surface area contributed by atoms with Gasteiger partial charge >= 0.3 is 0 Å². The molecule has 1 aromatic carbocycles. The second kappa shape index (κ2) is 5.58. The first-order valence-electron chi connectivity index (χ1n) is 6.42. The molecule has 0 amide bonds. The monoisotopic (exact) mass is 355 g/mol. The number of nitrogens with zero attached hydrogens (tertiary/aromatic N) is 1. The van der Waals surface area contributed by atoms with Crippen molar-refractivity contribution in [3.05, 3.63) is 33.4 Å². The lowest BCUT2D eigenvalue weighted by atomic mass is 9.67. The summed E-state index contributed by atoms with van der Waals surface area (Å²) >= 11 is 2.24. The van der Waals surface area contributed by atoms with Gasteiger partial charge in [-0.05, 0) is 71.9 Å². The molecule has 2 nitrogen and oxygen atoms in total. The van der Waals surface area contributed by atoms with Gasteiger partial charge in [0, 0.05) is 3.57 Å². The van der Waals surface area contributed by atoms with Gasteiger partial charge in [-0.3, -0.25) is 0 Å². The zero-order chi connectivity index (χ0) is 13.2. The predicted octanol–water partition coefficient (Wildman–Crippen LogP) is 4.04. The molecule has 1 saturated carbocycles. The number of hydrogen-bond acceptors (Lipinski definition) is 2. The van der Waals surface area contributed by atoms with Crippen LogP contribution in [-0.4, -0.2) is 5.11 Å². The fourth-order valence-electron chi connectivity index (χ4n) is 2.72. The Kier molecular flexibility index (Phi) is 4.29. The zero-order valence-corrected chi connectivity index (χ0v) is 12.7. The first-order valence-corrected chi connectivity index (χ1v) is 7.50. The van der Waals surface area contributed by atoms with Crippen molar-refractivity contribution >= 4 is 22.6 Å². The van der Waals surface area contributed by atoms with E-state index in [0.717, 1.165) is 34.8 Å². The minimum Gasteiger partial charge on any atom is -0.387 e. The van der Waals surface area contributed by atoms with Gasteiger partial charge in [0.15, 0.2) is 0 Å². The molecule has 18 heavy (non-hydrogen) atoms. The van der Waals surface area contributed by atoms with E-state index in [0.29, 0.717) is 5.92 Å². The summed E-state index contributed by atoms with van der Waals surface area (Å²) in [7, 11) is 0. The van der Waals surface area contributed by atoms with Crippen LogP contribution in [0.25, 0.3) is 0 Å². The largest absolute Gasteiger partial charge is 0.387 e. The van der Waals surface area contributed by atoms with Gasteiger partial charge in [0.1, 0.15) is 0 Å². The van der Waals surface area contributed by atoms with Gasteiger partial charge in [0.2, 0.25) is 0 Å². The van der Waals surface area contributed by atoms with Crippen LogP contribution in [0.3, 0.4) is 0 Å². The molecule has 1 unspecified atom stereocenters. The lowest BCUT2D eigenvalue weighted by molar-refractivity contribution is 0.0266.